The fourth-order valence-electron chi connectivity index (χ4n) is 3.28. The number of carbonyl (C=O) groups excluding carboxylic acids is 2. The minimum Gasteiger partial charge on any atom is -0.390 e. The number of rotatable bonds is 8. The predicted octanol–water partition coefficient (Wildman–Crippen LogP) is 3.15. The Labute approximate surface area is 167 Å². The normalized spacial score (nSPS) is 17.5. The number of Topliss-reactive ketones (excluding diaryl/α,β-unsaturated/α-hetero) is 1. The van der Waals surface area contributed by atoms with Crippen molar-refractivity contribution in [1.82, 2.24) is 10.2 Å². The van der Waals surface area contributed by atoms with E-state index >= 15 is 0 Å². The number of β-amino-alcohol motifs (C(OH)–C–C–N with tert-alkyl or cyclic N) is 1. The van der Waals surface area contributed by atoms with Gasteiger partial charge >= 0.3 is 0 Å². The second-order valence-electron chi connectivity index (χ2n) is 8.34. The number of amides is 1. The van der Waals surface area contributed by atoms with E-state index in [-0.39, 0.29) is 24.7 Å². The van der Waals surface area contributed by atoms with Crippen LogP contribution >= 0.6 is 11.6 Å². The fraction of sp³-hybridized carbons (Fsp3) is 0.619. The third-order valence-corrected chi connectivity index (χ3v) is 5.48. The molecule has 5 nitrogen and oxygen atoms in total. The summed E-state index contributed by atoms with van der Waals surface area (Å²) in [5.74, 6) is 0.419. The molecule has 150 valence electrons. The monoisotopic (exact) mass is 394 g/mol. The van der Waals surface area contributed by atoms with Crippen LogP contribution in [0, 0.1) is 11.3 Å². The molecule has 1 atom stereocenters. The van der Waals surface area contributed by atoms with E-state index in [1.54, 1.807) is 38.1 Å². The van der Waals surface area contributed by atoms with Gasteiger partial charge in [0, 0.05) is 30.1 Å². The van der Waals surface area contributed by atoms with Crippen molar-refractivity contribution in [3.05, 3.63) is 34.9 Å². The smallest absolute Gasteiger partial charge is 0.226 e. The van der Waals surface area contributed by atoms with Gasteiger partial charge in [0.1, 0.15) is 0 Å². The molecule has 1 saturated heterocycles. The van der Waals surface area contributed by atoms with Crippen LogP contribution in [0.5, 0.6) is 0 Å². The maximum atomic E-state index is 12.5. The number of likely N-dealkylation sites (tertiary alicyclic amines) is 1. The first-order valence-electron chi connectivity index (χ1n) is 9.65. The molecule has 1 aromatic rings. The lowest BCUT2D eigenvalue weighted by molar-refractivity contribution is -0.129. The topological polar surface area (TPSA) is 69.6 Å². The zero-order valence-corrected chi connectivity index (χ0v) is 17.3. The molecule has 1 aliphatic rings. The van der Waals surface area contributed by atoms with Crippen LogP contribution < -0.4 is 5.32 Å². The Balaban J connectivity index is 1.79. The summed E-state index contributed by atoms with van der Waals surface area (Å²) in [5, 5.41) is 13.6. The van der Waals surface area contributed by atoms with Crippen molar-refractivity contribution in [2.45, 2.75) is 46.1 Å². The number of nitrogens with zero attached hydrogens (tertiary/aromatic N) is 1. The van der Waals surface area contributed by atoms with Crippen molar-refractivity contribution in [2.75, 3.05) is 26.2 Å². The van der Waals surface area contributed by atoms with Gasteiger partial charge in [0.05, 0.1) is 11.5 Å². The van der Waals surface area contributed by atoms with Crippen molar-refractivity contribution < 1.29 is 14.7 Å². The number of carbonyl (C=O) groups is 2. The Morgan fingerprint density at radius 1 is 1.26 bits per heavy atom. The molecule has 1 aliphatic heterocycles. The predicted molar refractivity (Wildman–Crippen MR) is 108 cm³/mol. The molecule has 0 aromatic heterocycles. The minimum absolute atomic E-state index is 0.0978. The standard InChI is InChI=1S/C21H31ClN2O3/c1-15-8-10-24(11-9-15)14-18(25)13-23-20(27)21(2,3)12-19(26)16-4-6-17(22)7-5-16/h4-7,15,18,25H,8-14H2,1-3H3,(H,23,27)/t18-/m0/s1. The molecular weight excluding hydrogens is 364 g/mol. The number of hydrogen-bond acceptors (Lipinski definition) is 4. The van der Waals surface area contributed by atoms with Gasteiger partial charge in [0.15, 0.2) is 5.78 Å². The van der Waals surface area contributed by atoms with Crippen LogP contribution in [0.2, 0.25) is 5.02 Å². The summed E-state index contributed by atoms with van der Waals surface area (Å²) in [5.41, 5.74) is -0.309. The van der Waals surface area contributed by atoms with E-state index in [4.69, 9.17) is 11.6 Å². The highest BCUT2D eigenvalue weighted by molar-refractivity contribution is 6.30. The fourth-order valence-corrected chi connectivity index (χ4v) is 3.40. The minimum atomic E-state index is -0.850. The zero-order valence-electron chi connectivity index (χ0n) is 16.5. The third-order valence-electron chi connectivity index (χ3n) is 5.23. The van der Waals surface area contributed by atoms with Crippen molar-refractivity contribution in [3.63, 3.8) is 0 Å². The van der Waals surface area contributed by atoms with E-state index in [9.17, 15) is 14.7 Å². The van der Waals surface area contributed by atoms with Crippen LogP contribution in [0.4, 0.5) is 0 Å². The molecule has 0 unspecified atom stereocenters. The van der Waals surface area contributed by atoms with Crippen LogP contribution in [0.25, 0.3) is 0 Å². The molecule has 6 heteroatoms. The quantitative estimate of drug-likeness (QED) is 0.664. The summed E-state index contributed by atoms with van der Waals surface area (Å²) >= 11 is 5.85. The molecule has 1 amide bonds. The highest BCUT2D eigenvalue weighted by Crippen LogP contribution is 2.24. The number of hydrogen-bond donors (Lipinski definition) is 2. The van der Waals surface area contributed by atoms with Crippen molar-refractivity contribution in [2.24, 2.45) is 11.3 Å². The number of benzene rings is 1. The van der Waals surface area contributed by atoms with Gasteiger partial charge in [-0.2, -0.15) is 0 Å². The molecular formula is C21H31ClN2O3. The van der Waals surface area contributed by atoms with Gasteiger partial charge in [-0.3, -0.25) is 9.59 Å². The SMILES string of the molecule is CC1CCN(C[C@@H](O)CNC(=O)C(C)(C)CC(=O)c2ccc(Cl)cc2)CC1. The molecule has 0 aliphatic carbocycles. The first kappa shape index (κ1) is 21.9. The molecule has 1 fully saturated rings. The third kappa shape index (κ3) is 6.91. The van der Waals surface area contributed by atoms with Crippen LogP contribution in [0.1, 0.15) is 50.4 Å². The van der Waals surface area contributed by atoms with Crippen molar-refractivity contribution in [3.8, 4) is 0 Å². The van der Waals surface area contributed by atoms with Gasteiger partial charge in [0.2, 0.25) is 5.91 Å². The molecule has 1 heterocycles. The van der Waals surface area contributed by atoms with Crippen LogP contribution in [0.15, 0.2) is 24.3 Å². The molecule has 27 heavy (non-hydrogen) atoms. The Kier molecular flexibility index (Phi) is 7.83. The van der Waals surface area contributed by atoms with Crippen LogP contribution in [-0.2, 0) is 4.79 Å². The van der Waals surface area contributed by atoms with Gasteiger partial charge in [-0.1, -0.05) is 32.4 Å². The van der Waals surface area contributed by atoms with Crippen LogP contribution in [0.3, 0.4) is 0 Å². The van der Waals surface area contributed by atoms with E-state index in [0.29, 0.717) is 17.1 Å². The average molecular weight is 395 g/mol. The molecule has 1 aromatic carbocycles. The number of aliphatic hydroxyl groups excluding tert-OH is 1. The lowest BCUT2D eigenvalue weighted by Crippen LogP contribution is -2.46. The zero-order chi connectivity index (χ0) is 20.0. The second-order valence-corrected chi connectivity index (χ2v) is 8.77. The lowest BCUT2D eigenvalue weighted by atomic mass is 9.84. The number of aliphatic hydroxyl groups is 1. The van der Waals surface area contributed by atoms with E-state index < -0.39 is 11.5 Å². The van der Waals surface area contributed by atoms with Gasteiger partial charge in [0.25, 0.3) is 0 Å². The number of halogens is 1. The largest absolute Gasteiger partial charge is 0.390 e. The Morgan fingerprint density at radius 2 is 1.85 bits per heavy atom. The molecule has 0 radical (unpaired) electrons. The number of ketones is 1. The summed E-state index contributed by atoms with van der Waals surface area (Å²) in [6.07, 6.45) is 1.79. The first-order chi connectivity index (χ1) is 12.7. The molecule has 2 rings (SSSR count). The van der Waals surface area contributed by atoms with Gasteiger partial charge in [-0.05, 0) is 56.1 Å². The summed E-state index contributed by atoms with van der Waals surface area (Å²) < 4.78 is 0. The van der Waals surface area contributed by atoms with E-state index in [1.165, 1.54) is 0 Å². The Bertz CT molecular complexity index is 637. The van der Waals surface area contributed by atoms with Gasteiger partial charge in [-0.25, -0.2) is 0 Å². The highest BCUT2D eigenvalue weighted by Gasteiger charge is 2.31. The lowest BCUT2D eigenvalue weighted by Gasteiger charge is -2.32. The first-order valence-corrected chi connectivity index (χ1v) is 10.0. The van der Waals surface area contributed by atoms with Gasteiger partial charge < -0.3 is 15.3 Å². The average Bonchev–Trinajstić information content (AvgIpc) is 2.61. The van der Waals surface area contributed by atoms with E-state index in [2.05, 4.69) is 17.1 Å². The Hall–Kier alpha value is -1.43. The molecule has 0 saturated carbocycles. The van der Waals surface area contributed by atoms with Crippen LogP contribution in [-0.4, -0.2) is 54.0 Å². The number of piperidine rings is 1. The van der Waals surface area contributed by atoms with Crippen molar-refractivity contribution >= 4 is 23.3 Å². The van der Waals surface area contributed by atoms with E-state index in [1.807, 2.05) is 0 Å². The second kappa shape index (κ2) is 9.67. The molecule has 2 N–H and O–H groups in total. The molecule has 0 spiro atoms. The molecule has 0 bridgehead atoms. The summed E-state index contributed by atoms with van der Waals surface area (Å²) in [6.45, 7) is 8.49. The summed E-state index contributed by atoms with van der Waals surface area (Å²) in [7, 11) is 0. The maximum Gasteiger partial charge on any atom is 0.226 e. The number of nitrogens with one attached hydrogen (secondary N) is 1. The summed E-state index contributed by atoms with van der Waals surface area (Å²) in [4.78, 5) is 27.2. The van der Waals surface area contributed by atoms with Gasteiger partial charge in [-0.15, -0.1) is 0 Å². The maximum absolute atomic E-state index is 12.5. The summed E-state index contributed by atoms with van der Waals surface area (Å²) in [6, 6.07) is 6.67. The Morgan fingerprint density at radius 3 is 2.44 bits per heavy atom. The van der Waals surface area contributed by atoms with Crippen molar-refractivity contribution in [1.29, 1.82) is 0 Å². The van der Waals surface area contributed by atoms with E-state index in [0.717, 1.165) is 31.8 Å². The highest BCUT2D eigenvalue weighted by atomic mass is 35.5.